The number of halogens is 3. The van der Waals surface area contributed by atoms with E-state index in [0.717, 1.165) is 57.3 Å². The van der Waals surface area contributed by atoms with E-state index < -0.39 is 53.8 Å². The SMILES string of the molecule is Cc1c(F)cnc2cc(C(=O)CC[C@@H](NC(=O)OCc3ccccc3)C(=O)OCc3ccccc3)sc12.Cc1c(F)cnc2cc(C(=O)O)sc12.Cl.NC[C@@H](NC(=O)OCc1ccccc1)C(=O)OCc1ccccc1. The van der Waals surface area contributed by atoms with Gasteiger partial charge in [-0.1, -0.05) is 121 Å². The third kappa shape index (κ3) is 17.8. The molecule has 16 nitrogen and oxygen atoms in total. The van der Waals surface area contributed by atoms with Crippen LogP contribution in [0, 0.1) is 25.5 Å². The maximum atomic E-state index is 13.8. The van der Waals surface area contributed by atoms with Crippen molar-refractivity contribution < 1.29 is 61.6 Å². The zero-order valence-electron chi connectivity index (χ0n) is 40.9. The summed E-state index contributed by atoms with van der Waals surface area (Å²) in [7, 11) is 0. The number of ether oxygens (including phenoxy) is 4. The van der Waals surface area contributed by atoms with E-state index in [0.29, 0.717) is 36.4 Å². The van der Waals surface area contributed by atoms with E-state index in [1.54, 1.807) is 19.9 Å². The molecular formula is C55H52ClF2N5O11S2. The van der Waals surface area contributed by atoms with Crippen LogP contribution in [0.4, 0.5) is 18.4 Å². The maximum Gasteiger partial charge on any atom is 0.408 e. The minimum absolute atomic E-state index is 0. The molecule has 4 aromatic carbocycles. The molecule has 76 heavy (non-hydrogen) atoms. The van der Waals surface area contributed by atoms with Crippen LogP contribution in [0.1, 0.15) is 65.6 Å². The Labute approximate surface area is 449 Å². The number of hydrogen-bond acceptors (Lipinski definition) is 15. The molecule has 4 aromatic heterocycles. The van der Waals surface area contributed by atoms with Crippen molar-refractivity contribution in [3.05, 3.63) is 201 Å². The fraction of sp³-hybridized carbons (Fsp3) is 0.200. The maximum absolute atomic E-state index is 13.8. The van der Waals surface area contributed by atoms with E-state index >= 15 is 0 Å². The second-order valence-electron chi connectivity index (χ2n) is 16.3. The highest BCUT2D eigenvalue weighted by molar-refractivity contribution is 7.21. The summed E-state index contributed by atoms with van der Waals surface area (Å²) in [5, 5.41) is 13.7. The van der Waals surface area contributed by atoms with Gasteiger partial charge in [-0.25, -0.2) is 32.8 Å². The molecule has 5 N–H and O–H groups in total. The molecule has 8 aromatic rings. The van der Waals surface area contributed by atoms with Gasteiger partial charge in [0.15, 0.2) is 5.78 Å². The van der Waals surface area contributed by atoms with Crippen LogP contribution in [0.2, 0.25) is 0 Å². The van der Waals surface area contributed by atoms with Gasteiger partial charge in [0.05, 0.1) is 37.7 Å². The number of alkyl carbamates (subject to hydrolysis) is 2. The smallest absolute Gasteiger partial charge is 0.408 e. The average Bonchev–Trinajstić information content (AvgIpc) is 4.09. The Bertz CT molecular complexity index is 3210. The van der Waals surface area contributed by atoms with Gasteiger partial charge >= 0.3 is 30.1 Å². The molecule has 0 unspecified atom stereocenters. The number of esters is 2. The summed E-state index contributed by atoms with van der Waals surface area (Å²) >= 11 is 2.20. The van der Waals surface area contributed by atoms with Crippen molar-refractivity contribution in [3.8, 4) is 0 Å². The number of hydrogen-bond donors (Lipinski definition) is 4. The molecule has 2 atom stereocenters. The van der Waals surface area contributed by atoms with Gasteiger partial charge < -0.3 is 40.4 Å². The number of pyridine rings is 2. The largest absolute Gasteiger partial charge is 0.477 e. The number of carboxylic acid groups (broad SMARTS) is 1. The summed E-state index contributed by atoms with van der Waals surface area (Å²) < 4.78 is 49.0. The van der Waals surface area contributed by atoms with E-state index in [1.807, 2.05) is 121 Å². The Morgan fingerprint density at radius 1 is 0.566 bits per heavy atom. The van der Waals surface area contributed by atoms with Crippen LogP contribution in [-0.4, -0.2) is 69.6 Å². The molecule has 21 heteroatoms. The van der Waals surface area contributed by atoms with Gasteiger partial charge in [-0.3, -0.25) is 14.8 Å². The van der Waals surface area contributed by atoms with Gasteiger partial charge in [0, 0.05) is 24.1 Å². The predicted octanol–water partition coefficient (Wildman–Crippen LogP) is 10.6. The number of nitrogens with zero attached hydrogens (tertiary/aromatic N) is 2. The molecule has 0 radical (unpaired) electrons. The average molecular weight is 1100 g/mol. The van der Waals surface area contributed by atoms with Crippen LogP contribution in [0.25, 0.3) is 20.4 Å². The molecule has 0 saturated carbocycles. The van der Waals surface area contributed by atoms with Crippen LogP contribution >= 0.6 is 35.1 Å². The molecule has 8 rings (SSSR count). The monoisotopic (exact) mass is 1100 g/mol. The van der Waals surface area contributed by atoms with Gasteiger partial charge in [0.25, 0.3) is 0 Å². The number of fused-ring (bicyclic) bond motifs is 2. The van der Waals surface area contributed by atoms with Gasteiger partial charge in [-0.15, -0.1) is 35.1 Å². The Morgan fingerprint density at radius 3 is 1.32 bits per heavy atom. The molecular weight excluding hydrogens is 1040 g/mol. The highest BCUT2D eigenvalue weighted by Crippen LogP contribution is 2.30. The van der Waals surface area contributed by atoms with Crippen LogP contribution < -0.4 is 16.4 Å². The third-order valence-electron chi connectivity index (χ3n) is 10.9. The normalized spacial score (nSPS) is 11.2. The van der Waals surface area contributed by atoms with E-state index in [2.05, 4.69) is 20.6 Å². The fourth-order valence-corrected chi connectivity index (χ4v) is 8.75. The Kier molecular flexibility index (Phi) is 22.9. The summed E-state index contributed by atoms with van der Waals surface area (Å²) in [6, 6.07) is 37.8. The van der Waals surface area contributed by atoms with Crippen molar-refractivity contribution in [1.82, 2.24) is 20.6 Å². The number of carbonyl (C=O) groups is 6. The van der Waals surface area contributed by atoms with Crippen LogP contribution in [-0.2, 0) is 55.0 Å². The standard InChI is InChI=1S/C28H25FN2O5S.C18H20N2O4.C9H6FNO2S.ClH/c1-18-21(29)15-30-23-14-25(37-26(18)23)24(32)13-12-22(27(33)35-16-19-8-4-2-5-9-19)31-28(34)36-17-20-10-6-3-7-11-20;19-11-16(17(21)23-12-14-7-3-1-4-8-14)20-18(22)24-13-15-9-5-2-6-10-15;1-4-5(10)3-11-6-2-7(9(12)13)14-8(4)6;/h2-11,14-15,22H,12-13,16-17H2,1H3,(H,31,34);1-10,16H,11-13,19H2,(H,20,22);2-3H,1H3,(H,12,13);1H/t22-;16-;;/m11../s1. The molecule has 4 heterocycles. The number of carbonyl (C=O) groups excluding carboxylic acids is 5. The van der Waals surface area contributed by atoms with Crippen LogP contribution in [0.5, 0.6) is 0 Å². The number of aromatic carboxylic acids is 1. The minimum Gasteiger partial charge on any atom is -0.477 e. The quantitative estimate of drug-likeness (QED) is 0.0355. The zero-order valence-corrected chi connectivity index (χ0v) is 43.4. The van der Waals surface area contributed by atoms with E-state index in [4.69, 9.17) is 29.8 Å². The number of ketones is 1. The number of rotatable bonds is 18. The van der Waals surface area contributed by atoms with Gasteiger partial charge in [-0.05, 0) is 54.7 Å². The van der Waals surface area contributed by atoms with E-state index in [9.17, 15) is 37.5 Å². The number of amides is 2. The van der Waals surface area contributed by atoms with Crippen LogP contribution in [0.3, 0.4) is 0 Å². The molecule has 0 aliphatic rings. The van der Waals surface area contributed by atoms with Crippen molar-refractivity contribution in [1.29, 1.82) is 0 Å². The van der Waals surface area contributed by atoms with Gasteiger partial charge in [-0.2, -0.15) is 0 Å². The molecule has 0 bridgehead atoms. The summed E-state index contributed by atoms with van der Waals surface area (Å²) in [6.07, 6.45) is 0.680. The number of thiophene rings is 2. The first-order valence-electron chi connectivity index (χ1n) is 23.1. The van der Waals surface area contributed by atoms with Crippen molar-refractivity contribution in [2.45, 2.75) is 65.2 Å². The van der Waals surface area contributed by atoms with E-state index in [-0.39, 0.29) is 68.9 Å². The molecule has 0 aliphatic carbocycles. The highest BCUT2D eigenvalue weighted by atomic mass is 35.5. The minimum atomic E-state index is -1.09. The summed E-state index contributed by atoms with van der Waals surface area (Å²) in [4.78, 5) is 81.0. The summed E-state index contributed by atoms with van der Waals surface area (Å²) in [5.74, 6) is -3.37. The number of nitrogens with one attached hydrogen (secondary N) is 2. The van der Waals surface area contributed by atoms with Gasteiger partial charge in [0.1, 0.15) is 55.0 Å². The Hall–Kier alpha value is -8.17. The molecule has 0 aliphatic heterocycles. The first kappa shape index (κ1) is 58.7. The van der Waals surface area contributed by atoms with E-state index in [1.165, 1.54) is 6.07 Å². The summed E-state index contributed by atoms with van der Waals surface area (Å²) in [6.45, 7) is 3.46. The number of Topliss-reactive ketones (excluding diaryl/α,β-unsaturated/α-hetero) is 1. The lowest BCUT2D eigenvalue weighted by atomic mass is 10.1. The van der Waals surface area contributed by atoms with Crippen LogP contribution in [0.15, 0.2) is 146 Å². The first-order chi connectivity index (χ1) is 36.2. The molecule has 2 amide bonds. The van der Waals surface area contributed by atoms with Gasteiger partial charge in [0.2, 0.25) is 0 Å². The highest BCUT2D eigenvalue weighted by Gasteiger charge is 2.26. The lowest BCUT2D eigenvalue weighted by Crippen LogP contribution is -2.46. The lowest BCUT2D eigenvalue weighted by molar-refractivity contribution is -0.148. The molecule has 396 valence electrons. The number of benzene rings is 4. The number of aromatic nitrogens is 2. The molecule has 0 saturated heterocycles. The Balaban J connectivity index is 0.000000233. The van der Waals surface area contributed by atoms with Crippen molar-refractivity contribution >= 4 is 91.4 Å². The van der Waals surface area contributed by atoms with Crippen molar-refractivity contribution in [2.75, 3.05) is 6.54 Å². The third-order valence-corrected chi connectivity index (χ3v) is 13.4. The number of aryl methyl sites for hydroxylation is 2. The second kappa shape index (κ2) is 29.7. The van der Waals surface area contributed by atoms with Crippen molar-refractivity contribution in [3.63, 3.8) is 0 Å². The summed E-state index contributed by atoms with van der Waals surface area (Å²) in [5.41, 5.74) is 10.8. The fourth-order valence-electron chi connectivity index (χ4n) is 6.73. The molecule has 0 fully saturated rings. The van der Waals surface area contributed by atoms with Crippen molar-refractivity contribution in [2.24, 2.45) is 5.73 Å². The second-order valence-corrected chi connectivity index (χ2v) is 18.4. The zero-order chi connectivity index (χ0) is 53.7. The topological polar surface area (TPSA) is 235 Å². The lowest BCUT2D eigenvalue weighted by Gasteiger charge is -2.17. The predicted molar refractivity (Wildman–Crippen MR) is 285 cm³/mol. The Morgan fingerprint density at radius 2 is 0.921 bits per heavy atom. The first-order valence-corrected chi connectivity index (χ1v) is 24.7. The number of carboxylic acids is 1. The molecule has 0 spiro atoms. The number of nitrogens with two attached hydrogens (primary N) is 1.